The predicted octanol–water partition coefficient (Wildman–Crippen LogP) is 3.26. The van der Waals surface area contributed by atoms with E-state index in [0.717, 1.165) is 49.8 Å². The number of carboxylic acids is 1. The van der Waals surface area contributed by atoms with Crippen molar-refractivity contribution in [1.82, 2.24) is 4.90 Å². The number of nitro groups is 1. The Kier molecular flexibility index (Phi) is 6.30. The molecule has 3 rings (SSSR count). The fraction of sp³-hybridized carbons (Fsp3) is 0.389. The molecule has 0 saturated carbocycles. The topological polar surface area (TPSA) is 104 Å². The summed E-state index contributed by atoms with van der Waals surface area (Å²) in [5, 5.41) is 20.0. The second kappa shape index (κ2) is 8.70. The lowest BCUT2D eigenvalue weighted by atomic mass is 10.1. The number of aliphatic carboxylic acids is 1. The Balaban J connectivity index is 1.93. The van der Waals surface area contributed by atoms with Gasteiger partial charge in [-0.3, -0.25) is 24.6 Å². The third-order valence-electron chi connectivity index (χ3n) is 4.63. The van der Waals surface area contributed by atoms with Gasteiger partial charge in [-0.2, -0.15) is 0 Å². The molecule has 0 atom stereocenters. The Labute approximate surface area is 171 Å². The summed E-state index contributed by atoms with van der Waals surface area (Å²) >= 11 is 6.29. The number of thioether (sulfide) groups is 1. The zero-order valence-electron chi connectivity index (χ0n) is 15.0. The van der Waals surface area contributed by atoms with E-state index >= 15 is 0 Å². The van der Waals surface area contributed by atoms with Crippen molar-refractivity contribution in [2.45, 2.75) is 25.7 Å². The lowest BCUT2D eigenvalue weighted by molar-refractivity contribution is -0.384. The zero-order chi connectivity index (χ0) is 20.3. The van der Waals surface area contributed by atoms with Gasteiger partial charge in [0.05, 0.1) is 16.2 Å². The fourth-order valence-corrected chi connectivity index (χ4v) is 4.53. The van der Waals surface area contributed by atoms with E-state index < -0.39 is 10.9 Å². The molecule has 1 amide bonds. The molecule has 0 aromatic heterocycles. The molecular weight excluding hydrogens is 402 g/mol. The van der Waals surface area contributed by atoms with Crippen molar-refractivity contribution < 1.29 is 19.6 Å². The number of hydrogen-bond acceptors (Lipinski definition) is 7. The molecule has 1 aromatic carbocycles. The van der Waals surface area contributed by atoms with Gasteiger partial charge in [0, 0.05) is 43.0 Å². The Hall–Kier alpha value is -2.46. The smallest absolute Gasteiger partial charge is 0.305 e. The summed E-state index contributed by atoms with van der Waals surface area (Å²) in [4.78, 5) is 38.0. The fourth-order valence-electron chi connectivity index (χ4n) is 3.24. The minimum absolute atomic E-state index is 0.00522. The van der Waals surface area contributed by atoms with Crippen LogP contribution in [0.15, 0.2) is 23.1 Å². The SMILES string of the molecule is O=C(O)CCN1C(=O)/C(=C\c2cc([N+](=O)[O-])ccc2N2CCCCC2)SC1=S. The van der Waals surface area contributed by atoms with Crippen LogP contribution in [0.1, 0.15) is 31.2 Å². The highest BCUT2D eigenvalue weighted by atomic mass is 32.2. The lowest BCUT2D eigenvalue weighted by Crippen LogP contribution is -2.30. The van der Waals surface area contributed by atoms with E-state index in [1.807, 2.05) is 0 Å². The molecule has 0 unspecified atom stereocenters. The summed E-state index contributed by atoms with van der Waals surface area (Å²) in [6.07, 6.45) is 4.68. The van der Waals surface area contributed by atoms with Gasteiger partial charge in [-0.25, -0.2) is 0 Å². The van der Waals surface area contributed by atoms with Crippen LogP contribution in [0.4, 0.5) is 11.4 Å². The molecule has 28 heavy (non-hydrogen) atoms. The van der Waals surface area contributed by atoms with Crippen LogP contribution >= 0.6 is 24.0 Å². The van der Waals surface area contributed by atoms with Gasteiger partial charge in [0.15, 0.2) is 0 Å². The summed E-state index contributed by atoms with van der Waals surface area (Å²) in [7, 11) is 0. The Morgan fingerprint density at radius 3 is 2.68 bits per heavy atom. The normalized spacial score (nSPS) is 18.8. The first-order valence-electron chi connectivity index (χ1n) is 8.87. The first-order valence-corrected chi connectivity index (χ1v) is 10.1. The predicted molar refractivity (Wildman–Crippen MR) is 111 cm³/mol. The van der Waals surface area contributed by atoms with E-state index in [9.17, 15) is 19.7 Å². The number of hydrogen-bond donors (Lipinski definition) is 1. The van der Waals surface area contributed by atoms with Crippen molar-refractivity contribution in [3.63, 3.8) is 0 Å². The van der Waals surface area contributed by atoms with Crippen molar-refractivity contribution in [3.05, 3.63) is 38.8 Å². The highest BCUT2D eigenvalue weighted by Gasteiger charge is 2.32. The zero-order valence-corrected chi connectivity index (χ0v) is 16.6. The molecule has 0 aliphatic carbocycles. The van der Waals surface area contributed by atoms with Crippen LogP contribution in [-0.4, -0.2) is 50.8 Å². The van der Waals surface area contributed by atoms with Gasteiger partial charge in [0.2, 0.25) is 0 Å². The number of carbonyl (C=O) groups excluding carboxylic acids is 1. The van der Waals surface area contributed by atoms with Crippen LogP contribution in [0.2, 0.25) is 0 Å². The first-order chi connectivity index (χ1) is 13.4. The quantitative estimate of drug-likeness (QED) is 0.323. The number of thiocarbonyl (C=S) groups is 1. The molecular formula is C18H19N3O5S2. The van der Waals surface area contributed by atoms with Crippen molar-refractivity contribution in [2.75, 3.05) is 24.5 Å². The number of amides is 1. The van der Waals surface area contributed by atoms with E-state index in [2.05, 4.69) is 4.90 Å². The first kappa shape index (κ1) is 20.3. The van der Waals surface area contributed by atoms with Crippen molar-refractivity contribution in [3.8, 4) is 0 Å². The van der Waals surface area contributed by atoms with Gasteiger partial charge in [0.1, 0.15) is 4.32 Å². The van der Waals surface area contributed by atoms with Gasteiger partial charge in [-0.15, -0.1) is 0 Å². The largest absolute Gasteiger partial charge is 0.481 e. The number of rotatable bonds is 6. The van der Waals surface area contributed by atoms with Gasteiger partial charge in [-0.1, -0.05) is 24.0 Å². The van der Waals surface area contributed by atoms with Crippen molar-refractivity contribution in [1.29, 1.82) is 0 Å². The van der Waals surface area contributed by atoms with E-state index in [4.69, 9.17) is 17.3 Å². The van der Waals surface area contributed by atoms with Gasteiger partial charge < -0.3 is 10.0 Å². The third-order valence-corrected chi connectivity index (χ3v) is 6.01. The number of non-ortho nitro benzene ring substituents is 1. The van der Waals surface area contributed by atoms with Crippen LogP contribution < -0.4 is 4.90 Å². The maximum atomic E-state index is 12.6. The minimum atomic E-state index is -1.01. The second-order valence-corrected chi connectivity index (χ2v) is 8.20. The van der Waals surface area contributed by atoms with E-state index in [1.54, 1.807) is 12.1 Å². The second-order valence-electron chi connectivity index (χ2n) is 6.53. The van der Waals surface area contributed by atoms with Crippen molar-refractivity contribution >= 4 is 57.6 Å². The number of nitro benzene ring substituents is 1. The monoisotopic (exact) mass is 421 g/mol. The number of nitrogens with zero attached hydrogens (tertiary/aromatic N) is 3. The summed E-state index contributed by atoms with van der Waals surface area (Å²) in [5.74, 6) is -1.38. The minimum Gasteiger partial charge on any atom is -0.481 e. The average molecular weight is 422 g/mol. The van der Waals surface area contributed by atoms with Crippen LogP contribution in [0.25, 0.3) is 6.08 Å². The maximum Gasteiger partial charge on any atom is 0.305 e. The molecule has 2 fully saturated rings. The molecule has 1 N–H and O–H groups in total. The number of benzene rings is 1. The number of carboxylic acid groups (broad SMARTS) is 1. The van der Waals surface area contributed by atoms with Crippen molar-refractivity contribution in [2.24, 2.45) is 0 Å². The molecule has 0 bridgehead atoms. The molecule has 2 aliphatic rings. The van der Waals surface area contributed by atoms with Gasteiger partial charge >= 0.3 is 5.97 Å². The number of piperidine rings is 1. The molecule has 2 saturated heterocycles. The Morgan fingerprint density at radius 2 is 2.04 bits per heavy atom. The Bertz CT molecular complexity index is 865. The van der Waals surface area contributed by atoms with Crippen LogP contribution in [0, 0.1) is 10.1 Å². The summed E-state index contributed by atoms with van der Waals surface area (Å²) in [5.41, 5.74) is 1.39. The molecule has 8 nitrogen and oxygen atoms in total. The van der Waals surface area contributed by atoms with E-state index in [1.165, 1.54) is 17.0 Å². The van der Waals surface area contributed by atoms with Crippen LogP contribution in [0.5, 0.6) is 0 Å². The van der Waals surface area contributed by atoms with E-state index in [-0.39, 0.29) is 24.6 Å². The van der Waals surface area contributed by atoms with Gasteiger partial charge in [0.25, 0.3) is 11.6 Å². The highest BCUT2D eigenvalue weighted by Crippen LogP contribution is 2.36. The molecule has 0 spiro atoms. The number of anilines is 1. The van der Waals surface area contributed by atoms with Crippen LogP contribution in [-0.2, 0) is 9.59 Å². The molecule has 0 radical (unpaired) electrons. The highest BCUT2D eigenvalue weighted by molar-refractivity contribution is 8.26. The molecule has 10 heteroatoms. The molecule has 148 valence electrons. The molecule has 2 heterocycles. The van der Waals surface area contributed by atoms with Crippen LogP contribution in [0.3, 0.4) is 0 Å². The van der Waals surface area contributed by atoms with Gasteiger partial charge in [-0.05, 0) is 31.4 Å². The Morgan fingerprint density at radius 1 is 1.32 bits per heavy atom. The third kappa shape index (κ3) is 4.50. The summed E-state index contributed by atoms with van der Waals surface area (Å²) in [6.45, 7) is 1.72. The molecule has 1 aromatic rings. The number of carbonyl (C=O) groups is 2. The standard InChI is InChI=1S/C18H19N3O5S2/c22-16(23)6-9-20-17(24)15(28-18(20)27)11-12-10-13(21(25)26)4-5-14(12)19-7-2-1-3-8-19/h4-5,10-11H,1-3,6-9H2,(H,22,23)/b15-11+. The molecule has 2 aliphatic heterocycles. The average Bonchev–Trinajstić information content (AvgIpc) is 2.93. The summed E-state index contributed by atoms with van der Waals surface area (Å²) in [6, 6.07) is 4.66. The maximum absolute atomic E-state index is 12.6. The van der Waals surface area contributed by atoms with E-state index in [0.29, 0.717) is 14.8 Å². The summed E-state index contributed by atoms with van der Waals surface area (Å²) < 4.78 is 0.294. The lowest BCUT2D eigenvalue weighted by Gasteiger charge is -2.30.